The molecule has 2 aromatic rings. The van der Waals surface area contributed by atoms with E-state index in [4.69, 9.17) is 0 Å². The molecule has 0 bridgehead atoms. The van der Waals surface area contributed by atoms with E-state index in [1.165, 1.54) is 6.92 Å². The van der Waals surface area contributed by atoms with Crippen LogP contribution in [0, 0.1) is 13.8 Å². The Bertz CT molecular complexity index is 805. The maximum Gasteiger partial charge on any atom is 0.265 e. The van der Waals surface area contributed by atoms with Crippen molar-refractivity contribution in [3.63, 3.8) is 0 Å². The number of hydrogen-bond acceptors (Lipinski definition) is 4. The van der Waals surface area contributed by atoms with Gasteiger partial charge in [-0.25, -0.2) is 8.42 Å². The summed E-state index contributed by atoms with van der Waals surface area (Å²) in [5.41, 5.74) is 2.02. The number of rotatable bonds is 5. The third kappa shape index (κ3) is 3.04. The van der Waals surface area contributed by atoms with E-state index in [1.54, 1.807) is 42.8 Å². The van der Waals surface area contributed by atoms with Gasteiger partial charge in [0.2, 0.25) is 0 Å². The molecule has 0 spiro atoms. The zero-order valence-electron chi connectivity index (χ0n) is 13.0. The summed E-state index contributed by atoms with van der Waals surface area (Å²) in [6.45, 7) is 7.38. The van der Waals surface area contributed by atoms with Gasteiger partial charge in [0.05, 0.1) is 11.4 Å². The Morgan fingerprint density at radius 1 is 1.23 bits per heavy atom. The fourth-order valence-electron chi connectivity index (χ4n) is 2.36. The Morgan fingerprint density at radius 3 is 2.27 bits per heavy atom. The Kier molecular flexibility index (Phi) is 4.37. The SMILES string of the molecule is CCn1nc(C)c(S(=O)(=O)Nc2ccc(C(C)=O)cc2)c1C. The molecule has 1 aromatic heterocycles. The monoisotopic (exact) mass is 321 g/mol. The number of ketones is 1. The maximum atomic E-state index is 12.6. The first-order valence-corrected chi connectivity index (χ1v) is 8.42. The largest absolute Gasteiger partial charge is 0.295 e. The summed E-state index contributed by atoms with van der Waals surface area (Å²) in [6.07, 6.45) is 0. The number of nitrogens with one attached hydrogen (secondary N) is 1. The van der Waals surface area contributed by atoms with Crippen LogP contribution in [0.2, 0.25) is 0 Å². The van der Waals surface area contributed by atoms with Crippen LogP contribution >= 0.6 is 0 Å². The highest BCUT2D eigenvalue weighted by Crippen LogP contribution is 2.22. The van der Waals surface area contributed by atoms with Gasteiger partial charge in [-0.05, 0) is 52.0 Å². The lowest BCUT2D eigenvalue weighted by Gasteiger charge is -2.09. The lowest BCUT2D eigenvalue weighted by atomic mass is 10.1. The number of carbonyl (C=O) groups excluding carboxylic acids is 1. The Balaban J connectivity index is 2.36. The molecule has 0 atom stereocenters. The molecule has 1 heterocycles. The summed E-state index contributed by atoms with van der Waals surface area (Å²) >= 11 is 0. The zero-order valence-corrected chi connectivity index (χ0v) is 13.9. The number of anilines is 1. The average molecular weight is 321 g/mol. The van der Waals surface area contributed by atoms with Crippen LogP contribution in [-0.4, -0.2) is 24.0 Å². The van der Waals surface area contributed by atoms with E-state index in [-0.39, 0.29) is 10.7 Å². The molecule has 0 saturated carbocycles. The van der Waals surface area contributed by atoms with Gasteiger partial charge in [-0.1, -0.05) is 0 Å². The molecule has 0 unspecified atom stereocenters. The first kappa shape index (κ1) is 16.2. The number of aryl methyl sites for hydroxylation is 2. The fourth-order valence-corrected chi connectivity index (χ4v) is 3.83. The smallest absolute Gasteiger partial charge is 0.265 e. The van der Waals surface area contributed by atoms with Crippen molar-refractivity contribution in [3.8, 4) is 0 Å². The van der Waals surface area contributed by atoms with E-state index < -0.39 is 10.0 Å². The van der Waals surface area contributed by atoms with Crippen LogP contribution in [-0.2, 0) is 16.6 Å². The summed E-state index contributed by atoms with van der Waals surface area (Å²) in [4.78, 5) is 11.4. The van der Waals surface area contributed by atoms with Gasteiger partial charge in [0.15, 0.2) is 5.78 Å². The topological polar surface area (TPSA) is 81.1 Å². The van der Waals surface area contributed by atoms with Gasteiger partial charge in [-0.15, -0.1) is 0 Å². The number of carbonyl (C=O) groups is 1. The molecule has 2 rings (SSSR count). The number of hydrogen-bond donors (Lipinski definition) is 1. The summed E-state index contributed by atoms with van der Waals surface area (Å²) in [5, 5.41) is 4.23. The van der Waals surface area contributed by atoms with Gasteiger partial charge in [0, 0.05) is 17.8 Å². The summed E-state index contributed by atoms with van der Waals surface area (Å²) in [5.74, 6) is -0.0645. The maximum absolute atomic E-state index is 12.6. The van der Waals surface area contributed by atoms with E-state index >= 15 is 0 Å². The molecule has 1 N–H and O–H groups in total. The molecular formula is C15H19N3O3S. The molecular weight excluding hydrogens is 302 g/mol. The summed E-state index contributed by atoms with van der Waals surface area (Å²) < 4.78 is 29.3. The van der Waals surface area contributed by atoms with Crippen LogP contribution in [0.3, 0.4) is 0 Å². The highest BCUT2D eigenvalue weighted by atomic mass is 32.2. The molecule has 0 saturated heterocycles. The highest BCUT2D eigenvalue weighted by molar-refractivity contribution is 7.92. The van der Waals surface area contributed by atoms with Crippen molar-refractivity contribution in [1.29, 1.82) is 0 Å². The Labute approximate surface area is 130 Å². The minimum atomic E-state index is -3.72. The number of benzene rings is 1. The van der Waals surface area contributed by atoms with Gasteiger partial charge < -0.3 is 0 Å². The molecule has 118 valence electrons. The molecule has 7 heteroatoms. The minimum Gasteiger partial charge on any atom is -0.295 e. The second kappa shape index (κ2) is 5.92. The predicted molar refractivity (Wildman–Crippen MR) is 84.6 cm³/mol. The van der Waals surface area contributed by atoms with Crippen LogP contribution in [0.4, 0.5) is 5.69 Å². The van der Waals surface area contributed by atoms with Crippen molar-refractivity contribution < 1.29 is 13.2 Å². The first-order chi connectivity index (χ1) is 10.3. The van der Waals surface area contributed by atoms with Gasteiger partial charge in [-0.3, -0.25) is 14.2 Å². The minimum absolute atomic E-state index is 0.0645. The lowest BCUT2D eigenvalue weighted by Crippen LogP contribution is -2.15. The number of nitrogens with zero attached hydrogens (tertiary/aromatic N) is 2. The van der Waals surface area contributed by atoms with Crippen molar-refractivity contribution >= 4 is 21.5 Å². The third-order valence-electron chi connectivity index (χ3n) is 3.43. The van der Waals surface area contributed by atoms with Crippen LogP contribution in [0.15, 0.2) is 29.2 Å². The molecule has 0 amide bonds. The molecule has 6 nitrogen and oxygen atoms in total. The van der Waals surface area contributed by atoms with E-state index in [0.29, 0.717) is 29.2 Å². The van der Waals surface area contributed by atoms with Crippen LogP contribution in [0.5, 0.6) is 0 Å². The molecule has 0 aliphatic heterocycles. The van der Waals surface area contributed by atoms with Crippen LogP contribution < -0.4 is 4.72 Å². The van der Waals surface area contributed by atoms with Gasteiger partial charge >= 0.3 is 0 Å². The van der Waals surface area contributed by atoms with Crippen molar-refractivity contribution in [3.05, 3.63) is 41.2 Å². The molecule has 0 fully saturated rings. The van der Waals surface area contributed by atoms with Crippen molar-refractivity contribution in [2.75, 3.05) is 4.72 Å². The van der Waals surface area contributed by atoms with Crippen LogP contribution in [0.25, 0.3) is 0 Å². The van der Waals surface area contributed by atoms with E-state index in [9.17, 15) is 13.2 Å². The molecule has 1 aromatic carbocycles. The number of sulfonamides is 1. The molecule has 0 radical (unpaired) electrons. The fraction of sp³-hybridized carbons (Fsp3) is 0.333. The molecule has 22 heavy (non-hydrogen) atoms. The van der Waals surface area contributed by atoms with Gasteiger partial charge in [0.1, 0.15) is 4.90 Å². The molecule has 0 aliphatic carbocycles. The second-order valence-corrected chi connectivity index (χ2v) is 6.67. The zero-order chi connectivity index (χ0) is 16.5. The highest BCUT2D eigenvalue weighted by Gasteiger charge is 2.24. The quantitative estimate of drug-likeness (QED) is 0.858. The van der Waals surface area contributed by atoms with Crippen molar-refractivity contribution in [1.82, 2.24) is 9.78 Å². The first-order valence-electron chi connectivity index (χ1n) is 6.94. The van der Waals surface area contributed by atoms with Crippen molar-refractivity contribution in [2.24, 2.45) is 0 Å². The van der Waals surface area contributed by atoms with Gasteiger partial charge in [0.25, 0.3) is 10.0 Å². The predicted octanol–water partition coefficient (Wildman–Crippen LogP) is 2.52. The van der Waals surface area contributed by atoms with E-state index in [1.807, 2.05) is 6.92 Å². The summed E-state index contributed by atoms with van der Waals surface area (Å²) in [6, 6.07) is 6.33. The Hall–Kier alpha value is -2.15. The van der Waals surface area contributed by atoms with E-state index in [0.717, 1.165) is 0 Å². The van der Waals surface area contributed by atoms with Gasteiger partial charge in [-0.2, -0.15) is 5.10 Å². The normalized spacial score (nSPS) is 11.5. The average Bonchev–Trinajstić information content (AvgIpc) is 2.74. The lowest BCUT2D eigenvalue weighted by molar-refractivity contribution is 0.101. The van der Waals surface area contributed by atoms with E-state index in [2.05, 4.69) is 9.82 Å². The third-order valence-corrected chi connectivity index (χ3v) is 5.06. The Morgan fingerprint density at radius 2 is 1.82 bits per heavy atom. The second-order valence-electron chi connectivity index (χ2n) is 5.05. The van der Waals surface area contributed by atoms with Crippen LogP contribution in [0.1, 0.15) is 35.6 Å². The standard InChI is InChI=1S/C15H19N3O3S/c1-5-18-11(3)15(10(2)16-18)22(20,21)17-14-8-6-13(7-9-14)12(4)19/h6-9,17H,5H2,1-4H3. The molecule has 0 aliphatic rings. The number of aromatic nitrogens is 2. The van der Waals surface area contributed by atoms with Crippen molar-refractivity contribution in [2.45, 2.75) is 39.1 Å². The number of Topliss-reactive ketones (excluding diaryl/α,β-unsaturated/α-hetero) is 1. The summed E-state index contributed by atoms with van der Waals surface area (Å²) in [7, 11) is -3.72.